The molecule has 2 bridgehead atoms. The van der Waals surface area contributed by atoms with E-state index in [-0.39, 0.29) is 18.1 Å². The van der Waals surface area contributed by atoms with Gasteiger partial charge in [-0.1, -0.05) is 64.1 Å². The molecule has 26 heteroatoms. The first-order valence-electron chi connectivity index (χ1n) is 25.9. The number of aromatic nitrogens is 2. The number of pyridine rings is 2. The van der Waals surface area contributed by atoms with Crippen LogP contribution < -0.4 is 21.3 Å². The number of likely N-dealkylation sites (N-methyl/N-ethyl adjacent to an activating group) is 4. The van der Waals surface area contributed by atoms with Gasteiger partial charge < -0.3 is 60.6 Å². The smallest absolute Gasteiger partial charge is 0.332 e. The summed E-state index contributed by atoms with van der Waals surface area (Å²) in [6, 6.07) is 7.86. The maximum Gasteiger partial charge on any atom is 0.332 e. The van der Waals surface area contributed by atoms with Crippen LogP contribution in [0.15, 0.2) is 60.7 Å². The van der Waals surface area contributed by atoms with Crippen molar-refractivity contribution in [1.29, 1.82) is 0 Å². The highest BCUT2D eigenvalue weighted by Crippen LogP contribution is 2.51. The maximum absolute atomic E-state index is 15.7. The van der Waals surface area contributed by atoms with Crippen molar-refractivity contribution < 1.29 is 67.6 Å². The Labute approximate surface area is 468 Å². The number of fused-ring (bicyclic) bond motifs is 5. The van der Waals surface area contributed by atoms with E-state index in [0.29, 0.717) is 21.8 Å². The van der Waals surface area contributed by atoms with Crippen LogP contribution >= 0.6 is 23.5 Å². The number of thioether (sulfide) groups is 2. The molecule has 2 saturated carbocycles. The number of carbonyl (C=O) groups excluding carboxylic acids is 10. The van der Waals surface area contributed by atoms with Crippen LogP contribution in [-0.2, 0) is 47.8 Å². The first kappa shape index (κ1) is 58.4. The van der Waals surface area contributed by atoms with Gasteiger partial charge in [0.2, 0.25) is 29.5 Å². The summed E-state index contributed by atoms with van der Waals surface area (Å²) >= 11 is 1.97. The summed E-state index contributed by atoms with van der Waals surface area (Å²) in [6.45, 7) is 7.91. The summed E-state index contributed by atoms with van der Waals surface area (Å²) < 4.78 is 10.4. The molecule has 2 aromatic carbocycles. The number of amides is 8. The van der Waals surface area contributed by atoms with E-state index >= 15 is 9.59 Å². The van der Waals surface area contributed by atoms with Crippen LogP contribution in [0.5, 0.6) is 11.5 Å². The molecule has 11 unspecified atom stereocenters. The van der Waals surface area contributed by atoms with E-state index in [1.807, 2.05) is 0 Å². The topological polar surface area (TPSA) is 316 Å². The van der Waals surface area contributed by atoms with E-state index < -0.39 is 158 Å². The zero-order chi connectivity index (χ0) is 58.4. The SMILES string of the molecule is CC(C)SC1SC2C(=O)N(C)C3(CC3C)C(=O)OCC(NC(=O)c3nc4ccccc4cc3O)C(=O)NC(C)C(=O)N(C)C1C(=O)N(C)C1(CC1C)C(=O)OCC(NC(=O)c1nc3ccccc3cc1O)C(=O)NC(C)C(=O)N2C. The van der Waals surface area contributed by atoms with Crippen LogP contribution in [0, 0.1) is 11.8 Å². The van der Waals surface area contributed by atoms with E-state index in [1.165, 1.54) is 54.2 Å². The lowest BCUT2D eigenvalue weighted by atomic mass is 10.1. The largest absolute Gasteiger partial charge is 0.505 e. The van der Waals surface area contributed by atoms with Crippen molar-refractivity contribution in [2.24, 2.45) is 11.8 Å². The average molecular weight is 1140 g/mol. The second kappa shape index (κ2) is 22.8. The van der Waals surface area contributed by atoms with Crippen molar-refractivity contribution in [3.63, 3.8) is 0 Å². The molecule has 4 fully saturated rings. The Morgan fingerprint density at radius 1 is 0.650 bits per heavy atom. The molecular formula is C54H64N10O14S2. The predicted molar refractivity (Wildman–Crippen MR) is 292 cm³/mol. The van der Waals surface area contributed by atoms with Crippen LogP contribution in [0.25, 0.3) is 21.8 Å². The molecule has 6 N–H and O–H groups in total. The molecule has 4 aliphatic rings. The number of hydrogen-bond donors (Lipinski definition) is 6. The van der Waals surface area contributed by atoms with Crippen LogP contribution in [0.1, 0.15) is 75.4 Å². The minimum absolute atomic E-state index is 0.0496. The molecule has 24 nitrogen and oxygen atoms in total. The van der Waals surface area contributed by atoms with Crippen LogP contribution in [0.2, 0.25) is 0 Å². The second-order valence-corrected chi connectivity index (χ2v) is 24.3. The van der Waals surface area contributed by atoms with Gasteiger partial charge in [-0.25, -0.2) is 19.6 Å². The monoisotopic (exact) mass is 1140 g/mol. The van der Waals surface area contributed by atoms with Crippen molar-refractivity contribution in [2.75, 3.05) is 41.4 Å². The number of nitrogens with one attached hydrogen (secondary N) is 4. The van der Waals surface area contributed by atoms with Crippen LogP contribution in [-0.4, -0.2) is 197 Å². The third kappa shape index (κ3) is 11.1. The van der Waals surface area contributed by atoms with Crippen molar-refractivity contribution in [2.45, 2.75) is 111 Å². The molecule has 8 rings (SSSR count). The summed E-state index contributed by atoms with van der Waals surface area (Å²) in [6.07, 6.45) is 0.0995. The lowest BCUT2D eigenvalue weighted by Crippen LogP contribution is -2.63. The quantitative estimate of drug-likeness (QED) is 0.149. The second-order valence-electron chi connectivity index (χ2n) is 21.0. The average Bonchev–Trinajstić information content (AvgIpc) is 4.44. The normalized spacial score (nSPS) is 29.5. The lowest BCUT2D eigenvalue weighted by Gasteiger charge is -2.42. The van der Waals surface area contributed by atoms with Crippen molar-refractivity contribution in [1.82, 2.24) is 50.8 Å². The molecule has 80 heavy (non-hydrogen) atoms. The first-order valence-corrected chi connectivity index (χ1v) is 27.8. The Morgan fingerprint density at radius 3 is 1.46 bits per heavy atom. The Kier molecular flexibility index (Phi) is 16.6. The lowest BCUT2D eigenvalue weighted by molar-refractivity contribution is -0.161. The Balaban J connectivity index is 1.20. The number of ether oxygens (including phenoxy) is 2. The Bertz CT molecular complexity index is 3220. The number of para-hydroxylation sites is 2. The van der Waals surface area contributed by atoms with Crippen LogP contribution in [0.4, 0.5) is 0 Å². The molecule has 426 valence electrons. The third-order valence-corrected chi connectivity index (χ3v) is 18.3. The van der Waals surface area contributed by atoms with E-state index in [2.05, 4.69) is 31.2 Å². The van der Waals surface area contributed by atoms with Crippen molar-refractivity contribution in [3.8, 4) is 11.5 Å². The molecule has 8 amide bonds. The van der Waals surface area contributed by atoms with E-state index in [0.717, 1.165) is 43.1 Å². The zero-order valence-electron chi connectivity index (χ0n) is 45.7. The number of benzene rings is 2. The number of rotatable bonds is 6. The fourth-order valence-corrected chi connectivity index (χ4v) is 13.7. The van der Waals surface area contributed by atoms with Gasteiger partial charge >= 0.3 is 11.9 Å². The highest BCUT2D eigenvalue weighted by Gasteiger charge is 2.66. The van der Waals surface area contributed by atoms with Gasteiger partial charge in [0.1, 0.15) is 66.0 Å². The minimum atomic E-state index is -1.74. The number of carbonyl (C=O) groups is 10. The van der Waals surface area contributed by atoms with Gasteiger partial charge in [-0.2, -0.15) is 0 Å². The number of hydrogen-bond acceptors (Lipinski definition) is 18. The number of aromatic hydroxyl groups is 2. The molecule has 2 aromatic heterocycles. The molecule has 4 aromatic rings. The summed E-state index contributed by atoms with van der Waals surface area (Å²) in [4.78, 5) is 159. The third-order valence-electron chi connectivity index (χ3n) is 15.3. The molecule has 2 spiro atoms. The first-order chi connectivity index (χ1) is 37.7. The number of cyclic esters (lactones) is 2. The summed E-state index contributed by atoms with van der Waals surface area (Å²) in [7, 11) is 5.26. The summed E-state index contributed by atoms with van der Waals surface area (Å²) in [5.41, 5.74) is -3.67. The van der Waals surface area contributed by atoms with Crippen LogP contribution in [0.3, 0.4) is 0 Å². The van der Waals surface area contributed by atoms with Gasteiger partial charge in [0.15, 0.2) is 16.8 Å². The molecule has 2 aliphatic carbocycles. The van der Waals surface area contributed by atoms with Crippen molar-refractivity contribution >= 4 is 105 Å². The van der Waals surface area contributed by atoms with Gasteiger partial charge in [-0.15, -0.1) is 23.5 Å². The zero-order valence-corrected chi connectivity index (χ0v) is 47.3. The van der Waals surface area contributed by atoms with Gasteiger partial charge in [-0.3, -0.25) is 38.4 Å². The molecule has 4 heterocycles. The fourth-order valence-electron chi connectivity index (χ4n) is 10.3. The molecule has 11 atom stereocenters. The molecule has 2 aliphatic heterocycles. The standard InChI is InChI=1S/C54H64N10O14S2/c1-25(2)79-50-40-47(73)63(9)53(21-26(53)3)51(75)77-23-35(60-44(70)39-37(66)20-31-16-12-14-18-33(31)58-39)42(68)56-29(6)46(72)62(8)49(80-50)48(74)64(10)54(22-27(54)4)52(76)78-24-34(41(67)55-28(5)45(71)61(40)7)59-43(69)38-36(65)19-30-15-11-13-17-32(30)57-38/h11-20,25-29,34-35,40,49-50,65-66H,21-24H2,1-10H3,(H,55,67)(H,56,68)(H,59,69)(H,60,70). The highest BCUT2D eigenvalue weighted by atomic mass is 32.2. The molecular weight excluding hydrogens is 1080 g/mol. The maximum atomic E-state index is 15.7. The van der Waals surface area contributed by atoms with E-state index in [4.69, 9.17) is 9.47 Å². The molecule has 0 radical (unpaired) electrons. The molecule has 2 saturated heterocycles. The Hall–Kier alpha value is -7.74. The van der Waals surface area contributed by atoms with Gasteiger partial charge in [-0.05, 0) is 62.8 Å². The van der Waals surface area contributed by atoms with Crippen molar-refractivity contribution in [3.05, 3.63) is 72.1 Å². The fraction of sp³-hybridized carbons (Fsp3) is 0.481. The Morgan fingerprint density at radius 2 is 1.05 bits per heavy atom. The number of esters is 2. The van der Waals surface area contributed by atoms with Gasteiger partial charge in [0.05, 0.1) is 15.6 Å². The minimum Gasteiger partial charge on any atom is -0.505 e. The van der Waals surface area contributed by atoms with E-state index in [1.54, 1.807) is 76.2 Å². The highest BCUT2D eigenvalue weighted by molar-refractivity contribution is 8.17. The number of nitrogens with zero attached hydrogens (tertiary/aromatic N) is 6. The van der Waals surface area contributed by atoms with Gasteiger partial charge in [0, 0.05) is 44.2 Å². The van der Waals surface area contributed by atoms with E-state index in [9.17, 15) is 48.6 Å². The summed E-state index contributed by atoms with van der Waals surface area (Å²) in [5, 5.41) is 30.9. The van der Waals surface area contributed by atoms with Gasteiger partial charge in [0.25, 0.3) is 17.7 Å². The summed E-state index contributed by atoms with van der Waals surface area (Å²) in [5.74, 6) is -11.7. The predicted octanol–water partition coefficient (Wildman–Crippen LogP) is 1.50.